The van der Waals surface area contributed by atoms with Crippen molar-refractivity contribution in [2.75, 3.05) is 6.61 Å². The number of nitrogens with two attached hydrogens (primary N) is 1. The number of ketones is 1. The molecule has 4 heteroatoms. The Morgan fingerprint density at radius 1 is 1.05 bits per heavy atom. The molecule has 0 aliphatic carbocycles. The molecule has 0 spiro atoms. The molecule has 98 valence electrons. The summed E-state index contributed by atoms with van der Waals surface area (Å²) < 4.78 is 5.40. The Morgan fingerprint density at radius 2 is 1.68 bits per heavy atom. The van der Waals surface area contributed by atoms with Gasteiger partial charge in [-0.15, -0.1) is 0 Å². The van der Waals surface area contributed by atoms with Gasteiger partial charge >= 0.3 is 0 Å². The average molecular weight is 276 g/mol. The maximum absolute atomic E-state index is 11.9. The third-order valence-electron chi connectivity index (χ3n) is 2.70. The van der Waals surface area contributed by atoms with Crippen molar-refractivity contribution >= 4 is 17.4 Å². The molecule has 0 unspecified atom stereocenters. The van der Waals surface area contributed by atoms with Gasteiger partial charge < -0.3 is 10.5 Å². The van der Waals surface area contributed by atoms with Gasteiger partial charge in [-0.1, -0.05) is 35.9 Å². The van der Waals surface area contributed by atoms with Gasteiger partial charge in [-0.2, -0.15) is 0 Å². The number of rotatable bonds is 5. The molecule has 0 saturated heterocycles. The van der Waals surface area contributed by atoms with Crippen molar-refractivity contribution in [3.63, 3.8) is 0 Å². The molecule has 0 atom stereocenters. The van der Waals surface area contributed by atoms with Crippen LogP contribution in [-0.4, -0.2) is 12.4 Å². The smallest absolute Gasteiger partial charge is 0.200 e. The van der Waals surface area contributed by atoms with Gasteiger partial charge in [-0.25, -0.2) is 0 Å². The lowest BCUT2D eigenvalue weighted by Crippen LogP contribution is -2.11. The highest BCUT2D eigenvalue weighted by Crippen LogP contribution is 2.15. The lowest BCUT2D eigenvalue weighted by molar-refractivity contribution is 0.0921. The monoisotopic (exact) mass is 275 g/mol. The summed E-state index contributed by atoms with van der Waals surface area (Å²) in [7, 11) is 0. The van der Waals surface area contributed by atoms with Crippen LogP contribution >= 0.6 is 11.6 Å². The Morgan fingerprint density at radius 3 is 2.26 bits per heavy atom. The van der Waals surface area contributed by atoms with E-state index in [1.54, 1.807) is 36.4 Å². The van der Waals surface area contributed by atoms with Crippen molar-refractivity contribution < 1.29 is 9.53 Å². The lowest BCUT2D eigenvalue weighted by atomic mass is 10.1. The SMILES string of the molecule is NCc1ccc(C(=O)COc2ccc(Cl)cc2)cc1. The van der Waals surface area contributed by atoms with Crippen LogP contribution in [0.5, 0.6) is 5.75 Å². The fourth-order valence-electron chi connectivity index (χ4n) is 1.59. The number of hydrogen-bond acceptors (Lipinski definition) is 3. The summed E-state index contributed by atoms with van der Waals surface area (Å²) in [6.45, 7) is 0.472. The van der Waals surface area contributed by atoms with E-state index in [4.69, 9.17) is 22.1 Å². The lowest BCUT2D eigenvalue weighted by Gasteiger charge is -2.06. The van der Waals surface area contributed by atoms with Gasteiger partial charge in [0.2, 0.25) is 0 Å². The van der Waals surface area contributed by atoms with Crippen LogP contribution in [0.2, 0.25) is 5.02 Å². The second kappa shape index (κ2) is 6.36. The molecular weight excluding hydrogens is 262 g/mol. The Balaban J connectivity index is 1.95. The molecule has 3 nitrogen and oxygen atoms in total. The normalized spacial score (nSPS) is 10.2. The third-order valence-corrected chi connectivity index (χ3v) is 2.95. The first-order chi connectivity index (χ1) is 9.19. The first-order valence-corrected chi connectivity index (χ1v) is 6.27. The Hall–Kier alpha value is -1.84. The van der Waals surface area contributed by atoms with E-state index < -0.39 is 0 Å². The number of carbonyl (C=O) groups excluding carboxylic acids is 1. The zero-order valence-electron chi connectivity index (χ0n) is 10.3. The van der Waals surface area contributed by atoms with Crippen molar-refractivity contribution in [1.82, 2.24) is 0 Å². The van der Waals surface area contributed by atoms with E-state index in [9.17, 15) is 4.79 Å². The van der Waals surface area contributed by atoms with Crippen LogP contribution in [0.15, 0.2) is 48.5 Å². The number of carbonyl (C=O) groups is 1. The number of halogens is 1. The quantitative estimate of drug-likeness (QED) is 0.853. The molecule has 0 saturated carbocycles. The molecule has 0 aromatic heterocycles. The molecule has 0 bridgehead atoms. The van der Waals surface area contributed by atoms with Crippen LogP contribution < -0.4 is 10.5 Å². The summed E-state index contributed by atoms with van der Waals surface area (Å²) in [5, 5.41) is 0.635. The minimum atomic E-state index is -0.0708. The molecule has 0 fully saturated rings. The Labute approximate surface area is 117 Å². The highest BCUT2D eigenvalue weighted by molar-refractivity contribution is 6.30. The van der Waals surface area contributed by atoms with Gasteiger partial charge in [0.05, 0.1) is 0 Å². The van der Waals surface area contributed by atoms with Gasteiger partial charge in [0.1, 0.15) is 5.75 Å². The topological polar surface area (TPSA) is 52.3 Å². The summed E-state index contributed by atoms with van der Waals surface area (Å²) in [5.41, 5.74) is 7.11. The van der Waals surface area contributed by atoms with E-state index in [1.165, 1.54) is 0 Å². The molecule has 0 aliphatic rings. The molecule has 19 heavy (non-hydrogen) atoms. The highest BCUT2D eigenvalue weighted by atomic mass is 35.5. The van der Waals surface area contributed by atoms with Crippen LogP contribution in [0.3, 0.4) is 0 Å². The summed E-state index contributed by atoms with van der Waals surface area (Å²) in [4.78, 5) is 11.9. The second-order valence-corrected chi connectivity index (χ2v) is 4.50. The van der Waals surface area contributed by atoms with Crippen LogP contribution in [-0.2, 0) is 6.54 Å². The Kier molecular flexibility index (Phi) is 4.55. The van der Waals surface area contributed by atoms with E-state index in [0.717, 1.165) is 5.56 Å². The summed E-state index contributed by atoms with van der Waals surface area (Å²) in [5.74, 6) is 0.551. The van der Waals surface area contributed by atoms with Gasteiger partial charge in [-0.3, -0.25) is 4.79 Å². The number of ether oxygens (including phenoxy) is 1. The van der Waals surface area contributed by atoms with Crippen molar-refractivity contribution in [2.24, 2.45) is 5.73 Å². The second-order valence-electron chi connectivity index (χ2n) is 4.07. The minimum Gasteiger partial charge on any atom is -0.485 e. The maximum atomic E-state index is 11.9. The van der Waals surface area contributed by atoms with Crippen LogP contribution in [0, 0.1) is 0 Å². The number of hydrogen-bond donors (Lipinski definition) is 1. The van der Waals surface area contributed by atoms with E-state index in [-0.39, 0.29) is 12.4 Å². The summed E-state index contributed by atoms with van der Waals surface area (Å²) in [6.07, 6.45) is 0. The highest BCUT2D eigenvalue weighted by Gasteiger charge is 2.06. The zero-order valence-corrected chi connectivity index (χ0v) is 11.1. The minimum absolute atomic E-state index is 0.00358. The fourth-order valence-corrected chi connectivity index (χ4v) is 1.72. The van der Waals surface area contributed by atoms with E-state index in [1.807, 2.05) is 12.1 Å². The van der Waals surface area contributed by atoms with Crippen molar-refractivity contribution in [2.45, 2.75) is 6.54 Å². The molecule has 0 amide bonds. The maximum Gasteiger partial charge on any atom is 0.200 e. The first-order valence-electron chi connectivity index (χ1n) is 5.89. The molecule has 2 N–H and O–H groups in total. The van der Waals surface area contributed by atoms with E-state index in [2.05, 4.69) is 0 Å². The molecule has 2 aromatic carbocycles. The van der Waals surface area contributed by atoms with Crippen LogP contribution in [0.25, 0.3) is 0 Å². The molecule has 0 aliphatic heterocycles. The third kappa shape index (κ3) is 3.81. The van der Waals surface area contributed by atoms with Crippen molar-refractivity contribution in [3.05, 3.63) is 64.7 Å². The van der Waals surface area contributed by atoms with E-state index >= 15 is 0 Å². The van der Waals surface area contributed by atoms with Gasteiger partial charge in [0.15, 0.2) is 12.4 Å². The van der Waals surface area contributed by atoms with Gasteiger partial charge in [0.25, 0.3) is 0 Å². The molecule has 0 radical (unpaired) electrons. The van der Waals surface area contributed by atoms with Crippen molar-refractivity contribution in [3.8, 4) is 5.75 Å². The summed E-state index contributed by atoms with van der Waals surface area (Å²) in [6, 6.07) is 14.1. The van der Waals surface area contributed by atoms with Crippen molar-refractivity contribution in [1.29, 1.82) is 0 Å². The van der Waals surface area contributed by atoms with Crippen LogP contribution in [0.1, 0.15) is 15.9 Å². The number of Topliss-reactive ketones (excluding diaryl/α,β-unsaturated/α-hetero) is 1. The molecule has 2 aromatic rings. The van der Waals surface area contributed by atoms with E-state index in [0.29, 0.717) is 22.9 Å². The first kappa shape index (κ1) is 13.6. The largest absolute Gasteiger partial charge is 0.485 e. The zero-order chi connectivity index (χ0) is 13.7. The average Bonchev–Trinajstić information content (AvgIpc) is 2.46. The predicted molar refractivity (Wildman–Crippen MR) is 75.6 cm³/mol. The number of benzene rings is 2. The standard InChI is InChI=1S/C15H14ClNO2/c16-13-5-7-14(8-6-13)19-10-15(18)12-3-1-11(9-17)2-4-12/h1-8H,9-10,17H2. The molecule has 0 heterocycles. The van der Waals surface area contributed by atoms with Gasteiger partial charge in [0, 0.05) is 17.1 Å². The molecular formula is C15H14ClNO2. The van der Waals surface area contributed by atoms with Crippen LogP contribution in [0.4, 0.5) is 0 Å². The fraction of sp³-hybridized carbons (Fsp3) is 0.133. The Bertz CT molecular complexity index is 549. The molecule has 2 rings (SSSR count). The van der Waals surface area contributed by atoms with Gasteiger partial charge in [-0.05, 0) is 29.8 Å². The summed E-state index contributed by atoms with van der Waals surface area (Å²) >= 11 is 5.77. The predicted octanol–water partition coefficient (Wildman–Crippen LogP) is 3.06.